The van der Waals surface area contributed by atoms with E-state index in [9.17, 15) is 19.2 Å². The van der Waals surface area contributed by atoms with Gasteiger partial charge in [0, 0.05) is 12.8 Å². The third kappa shape index (κ3) is 4.49. The van der Waals surface area contributed by atoms with Crippen LogP contribution < -0.4 is 5.32 Å². The molecule has 1 N–H and O–H groups in total. The van der Waals surface area contributed by atoms with Crippen molar-refractivity contribution in [3.05, 3.63) is 48.0 Å². The van der Waals surface area contributed by atoms with Crippen LogP contribution in [0.15, 0.2) is 42.5 Å². The van der Waals surface area contributed by atoms with Crippen LogP contribution in [0, 0.1) is 0 Å². The zero-order chi connectivity index (χ0) is 19.4. The Kier molecular flexibility index (Phi) is 5.49. The maximum atomic E-state index is 12.0. The Bertz CT molecular complexity index is 892. The van der Waals surface area contributed by atoms with Crippen LogP contribution in [-0.4, -0.2) is 41.7 Å². The summed E-state index contributed by atoms with van der Waals surface area (Å²) in [5, 5.41) is 4.95. The lowest BCUT2D eigenvalue weighted by molar-refractivity contribution is -0.154. The van der Waals surface area contributed by atoms with Gasteiger partial charge in [0.05, 0.1) is 6.04 Å². The minimum Gasteiger partial charge on any atom is -0.454 e. The predicted molar refractivity (Wildman–Crippen MR) is 97.4 cm³/mol. The second-order valence-electron chi connectivity index (χ2n) is 6.43. The van der Waals surface area contributed by atoms with Gasteiger partial charge in [-0.25, -0.2) is 0 Å². The minimum atomic E-state index is -0.785. The maximum absolute atomic E-state index is 12.0. The monoisotopic (exact) mass is 368 g/mol. The number of carbonyl (C=O) groups excluding carboxylic acids is 4. The van der Waals surface area contributed by atoms with E-state index < -0.39 is 36.8 Å². The molecule has 1 aliphatic heterocycles. The van der Waals surface area contributed by atoms with E-state index in [1.807, 2.05) is 49.4 Å². The van der Waals surface area contributed by atoms with E-state index >= 15 is 0 Å². The lowest BCUT2D eigenvalue weighted by Gasteiger charge is -2.16. The predicted octanol–water partition coefficient (Wildman–Crippen LogP) is 1.71. The molecule has 1 saturated heterocycles. The SMILES string of the molecule is C[C@@H](NC(=O)COC(=O)CN1C(=O)CCC1=O)c1ccc2ccccc2c1. The summed E-state index contributed by atoms with van der Waals surface area (Å²) in [4.78, 5) is 47.6. The lowest BCUT2D eigenvalue weighted by atomic mass is 10.0. The van der Waals surface area contributed by atoms with Crippen LogP contribution in [0.25, 0.3) is 10.8 Å². The van der Waals surface area contributed by atoms with Crippen LogP contribution >= 0.6 is 0 Å². The standard InChI is InChI=1S/C20H20N2O5/c1-13(15-7-6-14-4-2-3-5-16(14)10-15)21-17(23)12-27-20(26)11-22-18(24)8-9-19(22)25/h2-7,10,13H,8-9,11-12H2,1H3,(H,21,23)/t13-/m1/s1. The zero-order valence-electron chi connectivity index (χ0n) is 14.9. The number of benzene rings is 2. The molecule has 2 aromatic rings. The van der Waals surface area contributed by atoms with Crippen molar-refractivity contribution in [3.63, 3.8) is 0 Å². The number of nitrogens with one attached hydrogen (secondary N) is 1. The summed E-state index contributed by atoms with van der Waals surface area (Å²) in [6.45, 7) is 0.920. The molecule has 0 unspecified atom stereocenters. The summed E-state index contributed by atoms with van der Waals surface area (Å²) in [5.74, 6) is -2.03. The van der Waals surface area contributed by atoms with Gasteiger partial charge >= 0.3 is 5.97 Å². The van der Waals surface area contributed by atoms with Gasteiger partial charge < -0.3 is 10.1 Å². The van der Waals surface area contributed by atoms with Crippen molar-refractivity contribution < 1.29 is 23.9 Å². The molecule has 3 rings (SSSR count). The van der Waals surface area contributed by atoms with Crippen molar-refractivity contribution in [2.75, 3.05) is 13.2 Å². The molecule has 1 atom stereocenters. The highest BCUT2D eigenvalue weighted by atomic mass is 16.5. The van der Waals surface area contributed by atoms with E-state index in [1.54, 1.807) is 0 Å². The summed E-state index contributed by atoms with van der Waals surface area (Å²) in [7, 11) is 0. The molecular weight excluding hydrogens is 348 g/mol. The quantitative estimate of drug-likeness (QED) is 0.619. The molecule has 0 radical (unpaired) electrons. The Morgan fingerprint density at radius 3 is 2.44 bits per heavy atom. The van der Waals surface area contributed by atoms with Crippen molar-refractivity contribution >= 4 is 34.5 Å². The van der Waals surface area contributed by atoms with Crippen LogP contribution in [0.3, 0.4) is 0 Å². The van der Waals surface area contributed by atoms with Crippen molar-refractivity contribution in [2.45, 2.75) is 25.8 Å². The summed E-state index contributed by atoms with van der Waals surface area (Å²) in [5.41, 5.74) is 0.932. The Balaban J connectivity index is 1.50. The summed E-state index contributed by atoms with van der Waals surface area (Å²) in [6.07, 6.45) is 0.214. The number of hydrogen-bond donors (Lipinski definition) is 1. The van der Waals surface area contributed by atoms with Gasteiger partial charge in [-0.2, -0.15) is 0 Å². The van der Waals surface area contributed by atoms with Crippen LogP contribution in [0.1, 0.15) is 31.4 Å². The number of likely N-dealkylation sites (tertiary alicyclic amines) is 1. The average molecular weight is 368 g/mol. The normalized spacial score (nSPS) is 15.1. The summed E-state index contributed by atoms with van der Waals surface area (Å²) >= 11 is 0. The van der Waals surface area contributed by atoms with Gasteiger partial charge in [-0.3, -0.25) is 24.1 Å². The number of hydrogen-bond acceptors (Lipinski definition) is 5. The Morgan fingerprint density at radius 1 is 1.07 bits per heavy atom. The molecule has 0 saturated carbocycles. The van der Waals surface area contributed by atoms with Gasteiger partial charge in [-0.15, -0.1) is 0 Å². The topological polar surface area (TPSA) is 92.8 Å². The first kappa shape index (κ1) is 18.6. The van der Waals surface area contributed by atoms with Crippen molar-refractivity contribution in [1.29, 1.82) is 0 Å². The largest absolute Gasteiger partial charge is 0.454 e. The van der Waals surface area contributed by atoms with Gasteiger partial charge in [-0.05, 0) is 29.3 Å². The van der Waals surface area contributed by atoms with E-state index in [4.69, 9.17) is 4.74 Å². The maximum Gasteiger partial charge on any atom is 0.326 e. The number of fused-ring (bicyclic) bond motifs is 1. The highest BCUT2D eigenvalue weighted by molar-refractivity contribution is 6.04. The molecule has 0 bridgehead atoms. The van der Waals surface area contributed by atoms with Gasteiger partial charge in [0.2, 0.25) is 11.8 Å². The molecule has 140 valence electrons. The fourth-order valence-corrected chi connectivity index (χ4v) is 2.96. The van der Waals surface area contributed by atoms with Crippen LogP contribution in [0.5, 0.6) is 0 Å². The van der Waals surface area contributed by atoms with E-state index in [0.29, 0.717) is 0 Å². The van der Waals surface area contributed by atoms with Crippen LogP contribution in [0.4, 0.5) is 0 Å². The number of imide groups is 1. The molecule has 0 spiro atoms. The number of amides is 3. The first-order valence-corrected chi connectivity index (χ1v) is 8.71. The summed E-state index contributed by atoms with van der Waals surface area (Å²) in [6, 6.07) is 13.6. The van der Waals surface area contributed by atoms with Gasteiger partial charge in [0.25, 0.3) is 5.91 Å². The molecule has 0 aromatic heterocycles. The van der Waals surface area contributed by atoms with Crippen molar-refractivity contribution in [2.24, 2.45) is 0 Å². The first-order chi connectivity index (χ1) is 12.9. The van der Waals surface area contributed by atoms with Gasteiger partial charge in [0.15, 0.2) is 6.61 Å². The number of nitrogens with zero attached hydrogens (tertiary/aromatic N) is 1. The molecule has 1 aliphatic rings. The van der Waals surface area contributed by atoms with E-state index in [-0.39, 0.29) is 18.9 Å². The lowest BCUT2D eigenvalue weighted by Crippen LogP contribution is -2.37. The molecular formula is C20H20N2O5. The molecule has 0 aliphatic carbocycles. The highest BCUT2D eigenvalue weighted by Crippen LogP contribution is 2.20. The molecule has 27 heavy (non-hydrogen) atoms. The Morgan fingerprint density at radius 2 is 1.74 bits per heavy atom. The van der Waals surface area contributed by atoms with Crippen LogP contribution in [0.2, 0.25) is 0 Å². The fraction of sp³-hybridized carbons (Fsp3) is 0.300. The van der Waals surface area contributed by atoms with E-state index in [1.165, 1.54) is 0 Å². The molecule has 1 fully saturated rings. The highest BCUT2D eigenvalue weighted by Gasteiger charge is 2.31. The first-order valence-electron chi connectivity index (χ1n) is 8.71. The number of rotatable bonds is 6. The van der Waals surface area contributed by atoms with Crippen molar-refractivity contribution in [1.82, 2.24) is 10.2 Å². The van der Waals surface area contributed by atoms with E-state index in [0.717, 1.165) is 21.2 Å². The molecule has 7 heteroatoms. The molecule has 2 aromatic carbocycles. The number of ether oxygens (including phenoxy) is 1. The van der Waals surface area contributed by atoms with Gasteiger partial charge in [-0.1, -0.05) is 36.4 Å². The third-order valence-corrected chi connectivity index (χ3v) is 4.46. The van der Waals surface area contributed by atoms with Crippen molar-refractivity contribution in [3.8, 4) is 0 Å². The third-order valence-electron chi connectivity index (χ3n) is 4.46. The van der Waals surface area contributed by atoms with E-state index in [2.05, 4.69) is 5.32 Å². The Labute approximate surface area is 156 Å². The molecule has 1 heterocycles. The fourth-order valence-electron chi connectivity index (χ4n) is 2.96. The summed E-state index contributed by atoms with van der Waals surface area (Å²) < 4.78 is 4.87. The minimum absolute atomic E-state index is 0.107. The second-order valence-corrected chi connectivity index (χ2v) is 6.43. The molecule has 7 nitrogen and oxygen atoms in total. The number of esters is 1. The second kappa shape index (κ2) is 7.99. The average Bonchev–Trinajstić information content (AvgIpc) is 2.98. The molecule has 3 amide bonds. The number of carbonyl (C=O) groups is 4. The Hall–Kier alpha value is -3.22. The van der Waals surface area contributed by atoms with Crippen LogP contribution in [-0.2, 0) is 23.9 Å². The zero-order valence-corrected chi connectivity index (χ0v) is 14.9. The smallest absolute Gasteiger partial charge is 0.326 e. The van der Waals surface area contributed by atoms with Gasteiger partial charge in [0.1, 0.15) is 6.54 Å².